The lowest BCUT2D eigenvalue weighted by Crippen LogP contribution is -2.46. The van der Waals surface area contributed by atoms with Crippen LogP contribution in [0.4, 0.5) is 0 Å². The molecule has 15 heavy (non-hydrogen) atoms. The Labute approximate surface area is 96.3 Å². The lowest BCUT2D eigenvalue weighted by Gasteiger charge is -2.35. The van der Waals surface area contributed by atoms with E-state index in [1.54, 1.807) is 0 Å². The highest BCUT2D eigenvalue weighted by Gasteiger charge is 2.20. The van der Waals surface area contributed by atoms with Gasteiger partial charge >= 0.3 is 0 Å². The topological polar surface area (TPSA) is 0 Å². The first kappa shape index (κ1) is 14.2. The zero-order valence-electron chi connectivity index (χ0n) is 9.66. The number of hydrogen-bond donors (Lipinski definition) is 0. The minimum atomic E-state index is 0. The van der Waals surface area contributed by atoms with E-state index in [9.17, 15) is 0 Å². The van der Waals surface area contributed by atoms with E-state index in [1.807, 2.05) is 0 Å². The van der Waals surface area contributed by atoms with Crippen molar-refractivity contribution in [2.24, 2.45) is 0 Å². The highest BCUT2D eigenvalue weighted by molar-refractivity contribution is 5.75. The molecule has 0 atom stereocenters. The van der Waals surface area contributed by atoms with Crippen molar-refractivity contribution >= 4 is 8.41 Å². The van der Waals surface area contributed by atoms with Crippen molar-refractivity contribution in [1.29, 1.82) is 0 Å². The molecular formula is C13H26BN. The average molecular weight is 207 g/mol. The summed E-state index contributed by atoms with van der Waals surface area (Å²) in [6.07, 6.45) is 0. The minimum Gasteiger partial charge on any atom is -0.321 e. The van der Waals surface area contributed by atoms with Crippen LogP contribution in [0.3, 0.4) is 0 Å². The van der Waals surface area contributed by atoms with Gasteiger partial charge in [-0.25, -0.2) is 0 Å². The average Bonchev–Trinajstić information content (AvgIpc) is 2.28. The second-order valence-electron chi connectivity index (χ2n) is 3.93. The Hall–Kier alpha value is -0.755. The molecule has 0 N–H and O–H groups in total. The molecule has 86 valence electrons. The SMILES string of the molecule is CC[N+](CC)(CC)Cc1ccccc1.[BH4-]. The van der Waals surface area contributed by atoms with Gasteiger partial charge in [-0.2, -0.15) is 0 Å². The standard InChI is InChI=1S/C13H22N.BH4/c1-4-14(5-2,6-3)12-13-10-8-7-9-11-13;/h7-11H,4-6,12H2,1-3H3;1H4/q+1;-1. The van der Waals surface area contributed by atoms with Crippen LogP contribution < -0.4 is 0 Å². The molecule has 0 aliphatic heterocycles. The summed E-state index contributed by atoms with van der Waals surface area (Å²) >= 11 is 0. The molecule has 0 bridgehead atoms. The predicted octanol–water partition coefficient (Wildman–Crippen LogP) is 1.61. The molecule has 0 spiro atoms. The van der Waals surface area contributed by atoms with Crippen LogP contribution in [0.15, 0.2) is 30.3 Å². The van der Waals surface area contributed by atoms with Gasteiger partial charge in [0.15, 0.2) is 0 Å². The van der Waals surface area contributed by atoms with Crippen LogP contribution >= 0.6 is 0 Å². The molecule has 0 aliphatic rings. The Morgan fingerprint density at radius 3 is 1.73 bits per heavy atom. The minimum absolute atomic E-state index is 0. The van der Waals surface area contributed by atoms with Crippen molar-refractivity contribution < 1.29 is 4.48 Å². The lowest BCUT2D eigenvalue weighted by molar-refractivity contribution is -0.936. The molecule has 2 heteroatoms. The van der Waals surface area contributed by atoms with Crippen molar-refractivity contribution in [3.05, 3.63) is 35.9 Å². The van der Waals surface area contributed by atoms with Gasteiger partial charge in [0, 0.05) is 5.56 Å². The zero-order valence-corrected chi connectivity index (χ0v) is 9.66. The molecule has 0 aliphatic carbocycles. The smallest absolute Gasteiger partial charge is 0.104 e. The lowest BCUT2D eigenvalue weighted by atomic mass is 10.2. The third-order valence-corrected chi connectivity index (χ3v) is 3.37. The number of quaternary nitrogens is 1. The first-order valence-electron chi connectivity index (χ1n) is 5.65. The summed E-state index contributed by atoms with van der Waals surface area (Å²) in [5.74, 6) is 0. The normalized spacial score (nSPS) is 10.9. The van der Waals surface area contributed by atoms with Crippen molar-refractivity contribution in [2.45, 2.75) is 27.3 Å². The summed E-state index contributed by atoms with van der Waals surface area (Å²) in [6.45, 7) is 11.7. The molecule has 0 radical (unpaired) electrons. The monoisotopic (exact) mass is 207 g/mol. The summed E-state index contributed by atoms with van der Waals surface area (Å²) in [6, 6.07) is 10.8. The molecule has 1 rings (SSSR count). The molecule has 0 heterocycles. The van der Waals surface area contributed by atoms with Crippen LogP contribution in [0.5, 0.6) is 0 Å². The van der Waals surface area contributed by atoms with E-state index in [0.717, 1.165) is 0 Å². The van der Waals surface area contributed by atoms with Crippen molar-refractivity contribution in [2.75, 3.05) is 19.6 Å². The van der Waals surface area contributed by atoms with Gasteiger partial charge < -0.3 is 4.48 Å². The first-order chi connectivity index (χ1) is 6.76. The van der Waals surface area contributed by atoms with Gasteiger partial charge in [0.25, 0.3) is 0 Å². The van der Waals surface area contributed by atoms with E-state index >= 15 is 0 Å². The molecule has 0 unspecified atom stereocenters. The number of benzene rings is 1. The quantitative estimate of drug-likeness (QED) is 0.508. The van der Waals surface area contributed by atoms with Gasteiger partial charge in [-0.3, -0.25) is 0 Å². The number of hydrogen-bond acceptors (Lipinski definition) is 0. The number of rotatable bonds is 5. The maximum absolute atomic E-state index is 2.29. The van der Waals surface area contributed by atoms with Crippen LogP contribution in [-0.2, 0) is 6.54 Å². The zero-order chi connectivity index (χ0) is 10.4. The van der Waals surface area contributed by atoms with E-state index in [2.05, 4.69) is 51.1 Å². The highest BCUT2D eigenvalue weighted by Crippen LogP contribution is 2.13. The van der Waals surface area contributed by atoms with Crippen LogP contribution in [-0.4, -0.2) is 32.5 Å². The van der Waals surface area contributed by atoms with E-state index in [1.165, 1.54) is 36.2 Å². The fourth-order valence-corrected chi connectivity index (χ4v) is 1.98. The molecular weight excluding hydrogens is 181 g/mol. The maximum Gasteiger partial charge on any atom is 0.104 e. The van der Waals surface area contributed by atoms with Gasteiger partial charge in [0.05, 0.1) is 19.6 Å². The molecule has 0 saturated carbocycles. The molecule has 1 aromatic carbocycles. The summed E-state index contributed by atoms with van der Waals surface area (Å²) in [5.41, 5.74) is 1.46. The summed E-state index contributed by atoms with van der Waals surface area (Å²) in [5, 5.41) is 0. The Kier molecular flexibility index (Phi) is 6.34. The molecule has 0 amide bonds. The van der Waals surface area contributed by atoms with Gasteiger partial charge in [-0.05, 0) is 20.8 Å². The van der Waals surface area contributed by atoms with Gasteiger partial charge in [-0.15, -0.1) is 0 Å². The molecule has 1 aromatic rings. The summed E-state index contributed by atoms with van der Waals surface area (Å²) in [4.78, 5) is 0. The molecule has 1 nitrogen and oxygen atoms in total. The molecule has 0 aromatic heterocycles. The molecule has 0 saturated heterocycles. The molecule has 0 fully saturated rings. The van der Waals surface area contributed by atoms with Crippen molar-refractivity contribution in [1.82, 2.24) is 0 Å². The van der Waals surface area contributed by atoms with Crippen LogP contribution in [0.2, 0.25) is 0 Å². The van der Waals surface area contributed by atoms with Gasteiger partial charge in [0.2, 0.25) is 0 Å². The van der Waals surface area contributed by atoms with E-state index < -0.39 is 0 Å². The second-order valence-corrected chi connectivity index (χ2v) is 3.93. The van der Waals surface area contributed by atoms with Crippen LogP contribution in [0, 0.1) is 0 Å². The number of nitrogens with zero attached hydrogens (tertiary/aromatic N) is 1. The van der Waals surface area contributed by atoms with E-state index in [0.29, 0.717) is 0 Å². The van der Waals surface area contributed by atoms with Gasteiger partial charge in [0.1, 0.15) is 6.54 Å². The summed E-state index contributed by atoms with van der Waals surface area (Å²) in [7, 11) is 0. The van der Waals surface area contributed by atoms with E-state index in [4.69, 9.17) is 0 Å². The fourth-order valence-electron chi connectivity index (χ4n) is 1.98. The first-order valence-corrected chi connectivity index (χ1v) is 5.65. The van der Waals surface area contributed by atoms with Crippen molar-refractivity contribution in [3.8, 4) is 0 Å². The largest absolute Gasteiger partial charge is 0.321 e. The van der Waals surface area contributed by atoms with Crippen LogP contribution in [0.1, 0.15) is 26.3 Å². The Morgan fingerprint density at radius 2 is 1.33 bits per heavy atom. The van der Waals surface area contributed by atoms with Crippen LogP contribution in [0.25, 0.3) is 0 Å². The van der Waals surface area contributed by atoms with E-state index in [-0.39, 0.29) is 8.41 Å². The third-order valence-electron chi connectivity index (χ3n) is 3.37. The Bertz CT molecular complexity index is 246. The van der Waals surface area contributed by atoms with Crippen molar-refractivity contribution in [3.63, 3.8) is 0 Å². The summed E-state index contributed by atoms with van der Waals surface area (Å²) < 4.78 is 1.20. The maximum atomic E-state index is 2.29. The second kappa shape index (κ2) is 6.68. The Morgan fingerprint density at radius 1 is 0.867 bits per heavy atom. The predicted molar refractivity (Wildman–Crippen MR) is 73.4 cm³/mol. The third kappa shape index (κ3) is 3.71. The Balaban J connectivity index is 0.00000196. The fraction of sp³-hybridized carbons (Fsp3) is 0.538. The van der Waals surface area contributed by atoms with Gasteiger partial charge in [-0.1, -0.05) is 38.7 Å². The highest BCUT2D eigenvalue weighted by atomic mass is 15.3.